The van der Waals surface area contributed by atoms with Gasteiger partial charge in [0.2, 0.25) is 0 Å². The van der Waals surface area contributed by atoms with E-state index >= 15 is 0 Å². The van der Waals surface area contributed by atoms with Gasteiger partial charge >= 0.3 is 0 Å². The maximum atomic E-state index is 13.9. The Morgan fingerprint density at radius 2 is 1.72 bits per heavy atom. The molecule has 2 aromatic heterocycles. The van der Waals surface area contributed by atoms with Gasteiger partial charge in [0.25, 0.3) is 11.5 Å². The van der Waals surface area contributed by atoms with Crippen LogP contribution in [0.15, 0.2) is 100 Å². The van der Waals surface area contributed by atoms with E-state index in [2.05, 4.69) is 0 Å². The number of aromatic nitrogens is 2. The lowest BCUT2D eigenvalue weighted by Crippen LogP contribution is -2.37. The molecule has 2 heterocycles. The first-order valence-electron chi connectivity index (χ1n) is 11.9. The molecule has 180 valence electrons. The number of carbonyl (C=O) groups is 1. The molecule has 0 aliphatic carbocycles. The number of hydrogen-bond acceptors (Lipinski definition) is 4. The van der Waals surface area contributed by atoms with E-state index < -0.39 is 6.04 Å². The Labute approximate surface area is 209 Å². The molecule has 0 spiro atoms. The van der Waals surface area contributed by atoms with E-state index in [1.54, 1.807) is 40.0 Å². The third kappa shape index (κ3) is 4.33. The highest BCUT2D eigenvalue weighted by Gasteiger charge is 2.29. The predicted molar refractivity (Wildman–Crippen MR) is 140 cm³/mol. The van der Waals surface area contributed by atoms with Crippen molar-refractivity contribution in [3.8, 4) is 5.69 Å². The molecule has 36 heavy (non-hydrogen) atoms. The molecule has 1 unspecified atom stereocenters. The van der Waals surface area contributed by atoms with Crippen molar-refractivity contribution in [2.45, 2.75) is 33.4 Å². The molecule has 3 aromatic carbocycles. The van der Waals surface area contributed by atoms with Gasteiger partial charge in [-0.3, -0.25) is 14.2 Å². The Bertz CT molecular complexity index is 1590. The Morgan fingerprint density at radius 1 is 0.972 bits per heavy atom. The standard InChI is InChI=1S/C30H27N3O3/c1-20-15-16-21(2)27(18-20)33-28(31-26-14-8-7-13-25(26)30(33)35)22(3)32(19-24-12-9-17-36-24)29(34)23-10-5-4-6-11-23/h4-18,22H,19H2,1-3H3. The topological polar surface area (TPSA) is 68.3 Å². The zero-order valence-corrected chi connectivity index (χ0v) is 20.5. The lowest BCUT2D eigenvalue weighted by atomic mass is 10.1. The predicted octanol–water partition coefficient (Wildman–Crippen LogP) is 6.00. The second-order valence-electron chi connectivity index (χ2n) is 8.97. The van der Waals surface area contributed by atoms with Gasteiger partial charge in [0.15, 0.2) is 0 Å². The molecule has 0 saturated heterocycles. The molecule has 0 aliphatic heterocycles. The number of nitrogens with zero attached hydrogens (tertiary/aromatic N) is 3. The number of furan rings is 1. The number of fused-ring (bicyclic) bond motifs is 1. The van der Waals surface area contributed by atoms with Gasteiger partial charge < -0.3 is 9.32 Å². The maximum Gasteiger partial charge on any atom is 0.266 e. The van der Waals surface area contributed by atoms with Gasteiger partial charge in [-0.2, -0.15) is 0 Å². The number of amides is 1. The van der Waals surface area contributed by atoms with E-state index in [4.69, 9.17) is 9.40 Å². The highest BCUT2D eigenvalue weighted by atomic mass is 16.3. The Hall–Kier alpha value is -4.45. The van der Waals surface area contributed by atoms with Crippen LogP contribution in [-0.2, 0) is 6.54 Å². The average Bonchev–Trinajstić information content (AvgIpc) is 3.42. The number of carbonyl (C=O) groups excluding carboxylic acids is 1. The summed E-state index contributed by atoms with van der Waals surface area (Å²) >= 11 is 0. The van der Waals surface area contributed by atoms with Crippen molar-refractivity contribution in [1.82, 2.24) is 14.5 Å². The number of rotatable bonds is 6. The van der Waals surface area contributed by atoms with Gasteiger partial charge in [0.1, 0.15) is 11.6 Å². The van der Waals surface area contributed by atoms with E-state index in [-0.39, 0.29) is 18.0 Å². The fourth-order valence-corrected chi connectivity index (χ4v) is 4.46. The molecule has 1 atom stereocenters. The number of aryl methyl sites for hydroxylation is 2. The van der Waals surface area contributed by atoms with E-state index in [0.717, 1.165) is 16.8 Å². The van der Waals surface area contributed by atoms with Gasteiger partial charge in [-0.25, -0.2) is 4.98 Å². The highest BCUT2D eigenvalue weighted by Crippen LogP contribution is 2.27. The molecular formula is C30H27N3O3. The Balaban J connectivity index is 1.73. The first-order valence-corrected chi connectivity index (χ1v) is 11.9. The van der Waals surface area contributed by atoms with Gasteiger partial charge in [0, 0.05) is 5.56 Å². The minimum absolute atomic E-state index is 0.166. The summed E-state index contributed by atoms with van der Waals surface area (Å²) in [4.78, 5) is 34.3. The summed E-state index contributed by atoms with van der Waals surface area (Å²) in [6.07, 6.45) is 1.59. The van der Waals surface area contributed by atoms with Crippen molar-refractivity contribution in [3.05, 3.63) is 130 Å². The molecule has 6 nitrogen and oxygen atoms in total. The lowest BCUT2D eigenvalue weighted by molar-refractivity contribution is 0.0648. The molecule has 0 fully saturated rings. The fourth-order valence-electron chi connectivity index (χ4n) is 4.46. The smallest absolute Gasteiger partial charge is 0.266 e. The van der Waals surface area contributed by atoms with Crippen LogP contribution < -0.4 is 5.56 Å². The van der Waals surface area contributed by atoms with Crippen LogP contribution in [0.5, 0.6) is 0 Å². The van der Waals surface area contributed by atoms with Crippen molar-refractivity contribution in [2.75, 3.05) is 0 Å². The van der Waals surface area contributed by atoms with Crippen molar-refractivity contribution in [2.24, 2.45) is 0 Å². The van der Waals surface area contributed by atoms with Crippen LogP contribution in [0.3, 0.4) is 0 Å². The lowest BCUT2D eigenvalue weighted by Gasteiger charge is -2.30. The second kappa shape index (κ2) is 9.66. The molecule has 5 aromatic rings. The second-order valence-corrected chi connectivity index (χ2v) is 8.97. The molecular weight excluding hydrogens is 450 g/mol. The van der Waals surface area contributed by atoms with Crippen LogP contribution in [0.2, 0.25) is 0 Å². The largest absolute Gasteiger partial charge is 0.467 e. The van der Waals surface area contributed by atoms with Gasteiger partial charge in [0.05, 0.1) is 35.4 Å². The number of benzene rings is 3. The third-order valence-electron chi connectivity index (χ3n) is 6.44. The molecule has 0 N–H and O–H groups in total. The molecule has 6 heteroatoms. The molecule has 0 aliphatic rings. The minimum Gasteiger partial charge on any atom is -0.467 e. The summed E-state index contributed by atoms with van der Waals surface area (Å²) in [5.41, 5.74) is 3.71. The van der Waals surface area contributed by atoms with Crippen molar-refractivity contribution < 1.29 is 9.21 Å². The summed E-state index contributed by atoms with van der Waals surface area (Å²) in [6.45, 7) is 6.10. The Morgan fingerprint density at radius 3 is 2.47 bits per heavy atom. The van der Waals surface area contributed by atoms with E-state index in [0.29, 0.717) is 28.1 Å². The van der Waals surface area contributed by atoms with Gasteiger partial charge in [-0.1, -0.05) is 42.5 Å². The number of para-hydroxylation sites is 1. The third-order valence-corrected chi connectivity index (χ3v) is 6.44. The van der Waals surface area contributed by atoms with Crippen LogP contribution in [-0.4, -0.2) is 20.4 Å². The van der Waals surface area contributed by atoms with Crippen molar-refractivity contribution >= 4 is 16.8 Å². The number of hydrogen-bond donors (Lipinski definition) is 0. The summed E-state index contributed by atoms with van der Waals surface area (Å²) in [5.74, 6) is 0.963. The minimum atomic E-state index is -0.542. The monoisotopic (exact) mass is 477 g/mol. The summed E-state index contributed by atoms with van der Waals surface area (Å²) in [6, 6.07) is 25.5. The van der Waals surface area contributed by atoms with E-state index in [1.165, 1.54) is 0 Å². The van der Waals surface area contributed by atoms with Crippen LogP contribution in [0.25, 0.3) is 16.6 Å². The summed E-state index contributed by atoms with van der Waals surface area (Å²) in [5, 5.41) is 0.529. The van der Waals surface area contributed by atoms with Gasteiger partial charge in [-0.05, 0) is 74.4 Å². The first-order chi connectivity index (χ1) is 17.4. The zero-order chi connectivity index (χ0) is 25.2. The molecule has 0 bridgehead atoms. The van der Waals surface area contributed by atoms with Crippen molar-refractivity contribution in [1.29, 1.82) is 0 Å². The fraction of sp³-hybridized carbons (Fsp3) is 0.167. The molecule has 0 radical (unpaired) electrons. The molecule has 1 amide bonds. The normalized spacial score (nSPS) is 12.0. The average molecular weight is 478 g/mol. The molecule has 0 saturated carbocycles. The van der Waals surface area contributed by atoms with Crippen molar-refractivity contribution in [3.63, 3.8) is 0 Å². The SMILES string of the molecule is Cc1ccc(C)c(-n2c(C(C)N(Cc3ccco3)C(=O)c3ccccc3)nc3ccccc3c2=O)c1. The summed E-state index contributed by atoms with van der Waals surface area (Å²) in [7, 11) is 0. The van der Waals surface area contributed by atoms with Crippen LogP contribution >= 0.6 is 0 Å². The highest BCUT2D eigenvalue weighted by molar-refractivity contribution is 5.94. The van der Waals surface area contributed by atoms with Crippen LogP contribution in [0.1, 0.15) is 46.0 Å². The van der Waals surface area contributed by atoms with Crippen LogP contribution in [0.4, 0.5) is 0 Å². The zero-order valence-electron chi connectivity index (χ0n) is 20.5. The maximum absolute atomic E-state index is 13.9. The quantitative estimate of drug-likeness (QED) is 0.301. The first kappa shape index (κ1) is 23.3. The summed E-state index contributed by atoms with van der Waals surface area (Å²) < 4.78 is 7.25. The van der Waals surface area contributed by atoms with Gasteiger partial charge in [-0.15, -0.1) is 0 Å². The van der Waals surface area contributed by atoms with Crippen LogP contribution in [0, 0.1) is 13.8 Å². The Kier molecular flexibility index (Phi) is 6.25. The van der Waals surface area contributed by atoms with E-state index in [1.807, 2.05) is 81.4 Å². The molecule has 5 rings (SSSR count). The van der Waals surface area contributed by atoms with E-state index in [9.17, 15) is 9.59 Å².